The molecule has 0 unspecified atom stereocenters. The van der Waals surface area contributed by atoms with Crippen LogP contribution in [0.3, 0.4) is 0 Å². The maximum absolute atomic E-state index is 7.08. The Hall–Kier alpha value is -5.72. The molecule has 456 valence electrons. The summed E-state index contributed by atoms with van der Waals surface area (Å²) in [7, 11) is 0. The second-order valence-electron chi connectivity index (χ2n) is 22.3. The molecule has 0 saturated heterocycles. The molecule has 4 heterocycles. The van der Waals surface area contributed by atoms with Crippen molar-refractivity contribution in [2.45, 2.75) is 75.0 Å². The molecule has 16 heteroatoms. The molecule has 1 aliphatic carbocycles. The van der Waals surface area contributed by atoms with Crippen LogP contribution in [0.15, 0.2) is 146 Å². The number of hydrogen-bond acceptors (Lipinski definition) is 12. The number of alkyl halides is 4. The third kappa shape index (κ3) is 12.8. The van der Waals surface area contributed by atoms with E-state index >= 15 is 0 Å². The van der Waals surface area contributed by atoms with Crippen LogP contribution in [-0.2, 0) is 25.7 Å². The minimum Gasteiger partial charge on any atom is -0.486 e. The highest BCUT2D eigenvalue weighted by Crippen LogP contribution is 2.62. The first kappa shape index (κ1) is 61.2. The van der Waals surface area contributed by atoms with E-state index in [-0.39, 0.29) is 50.8 Å². The molecule has 0 amide bonds. The summed E-state index contributed by atoms with van der Waals surface area (Å²) in [5, 5.41) is 0. The topological polar surface area (TPSA) is 111 Å². The fourth-order valence-electron chi connectivity index (χ4n) is 13.3. The summed E-state index contributed by atoms with van der Waals surface area (Å²) in [4.78, 5) is 0. The lowest BCUT2D eigenvalue weighted by Crippen LogP contribution is -2.25. The van der Waals surface area contributed by atoms with Gasteiger partial charge in [-0.15, -0.1) is 0 Å². The van der Waals surface area contributed by atoms with Gasteiger partial charge in [0, 0.05) is 85.9 Å². The minimum atomic E-state index is -0.361. The van der Waals surface area contributed by atoms with Gasteiger partial charge in [0.15, 0.2) is 46.0 Å². The average molecular weight is 1630 g/mol. The molecule has 8 aromatic carbocycles. The highest BCUT2D eigenvalue weighted by molar-refractivity contribution is 14.1. The predicted molar refractivity (Wildman–Crippen MR) is 374 cm³/mol. The molecular weight excluding hydrogens is 1560 g/mol. The highest BCUT2D eigenvalue weighted by atomic mass is 127. The summed E-state index contributed by atoms with van der Waals surface area (Å²) in [6, 6.07) is 52.3. The first-order valence-corrected chi connectivity index (χ1v) is 36.4. The van der Waals surface area contributed by atoms with E-state index < -0.39 is 0 Å². The number of benzene rings is 8. The second-order valence-corrected chi connectivity index (χ2v) is 26.6. The maximum Gasteiger partial charge on any atom is 0.231 e. The third-order valence-electron chi connectivity index (χ3n) is 17.2. The fourth-order valence-corrected chi connectivity index (χ4v) is 14.2. The lowest BCUT2D eigenvalue weighted by atomic mass is 9.75. The van der Waals surface area contributed by atoms with Crippen molar-refractivity contribution < 1.29 is 56.8 Å². The Morgan fingerprint density at radius 2 is 0.455 bits per heavy atom. The van der Waals surface area contributed by atoms with Crippen molar-refractivity contribution in [2.75, 3.05) is 71.3 Å². The van der Waals surface area contributed by atoms with Crippen molar-refractivity contribution in [3.8, 4) is 69.0 Å². The molecular formula is C72H68I4O12. The summed E-state index contributed by atoms with van der Waals surface area (Å²) in [6.07, 6.45) is 5.60. The molecule has 88 heavy (non-hydrogen) atoms. The van der Waals surface area contributed by atoms with Crippen LogP contribution in [0.5, 0.6) is 69.0 Å². The number of aryl methyl sites for hydroxylation is 4. The van der Waals surface area contributed by atoms with Gasteiger partial charge in [0.05, 0.1) is 26.4 Å². The van der Waals surface area contributed by atoms with Crippen molar-refractivity contribution in [3.05, 3.63) is 212 Å². The number of rotatable bonds is 24. The molecule has 4 aliphatic heterocycles. The van der Waals surface area contributed by atoms with Gasteiger partial charge in [0.25, 0.3) is 0 Å². The maximum atomic E-state index is 7.08. The Morgan fingerprint density at radius 3 is 0.625 bits per heavy atom. The Labute approximate surface area is 569 Å². The molecule has 13 rings (SSSR count). The van der Waals surface area contributed by atoms with E-state index in [0.29, 0.717) is 139 Å². The summed E-state index contributed by atoms with van der Waals surface area (Å²) < 4.78 is 87.8. The predicted octanol–water partition coefficient (Wildman–Crippen LogP) is 17.2. The van der Waals surface area contributed by atoms with E-state index in [9.17, 15) is 0 Å². The van der Waals surface area contributed by atoms with Crippen LogP contribution in [0.4, 0.5) is 0 Å². The molecule has 0 radical (unpaired) electrons. The first-order chi connectivity index (χ1) is 43.5. The van der Waals surface area contributed by atoms with Gasteiger partial charge in [-0.3, -0.25) is 0 Å². The van der Waals surface area contributed by atoms with Crippen LogP contribution in [0, 0.1) is 0 Å². The average Bonchev–Trinajstić information content (AvgIpc) is 0.878. The quantitative estimate of drug-likeness (QED) is 0.0424. The Balaban J connectivity index is 1.19. The van der Waals surface area contributed by atoms with Crippen LogP contribution < -0.4 is 56.8 Å². The molecule has 0 atom stereocenters. The Bertz CT molecular complexity index is 3100. The van der Waals surface area contributed by atoms with Crippen LogP contribution in [0.1, 0.15) is 116 Å². The van der Waals surface area contributed by atoms with Crippen LogP contribution in [-0.4, -0.2) is 71.3 Å². The SMILES string of the molecule is ICCOc1c2c3cc4c1OCOc1c(cc5c(c1OCCI)OCOc1c(cc6c(c1OCCI)OCOc1c(cc(c(c1OCCI)OCO2)C3CCc1ccccc1)C6CCc1ccccc1)C5CCc1ccccc1)C4CCc1ccccc1. The van der Waals surface area contributed by atoms with Crippen molar-refractivity contribution in [2.24, 2.45) is 0 Å². The van der Waals surface area contributed by atoms with Gasteiger partial charge in [-0.2, -0.15) is 0 Å². The molecule has 8 aromatic rings. The van der Waals surface area contributed by atoms with Crippen LogP contribution in [0.25, 0.3) is 0 Å². The van der Waals surface area contributed by atoms with Gasteiger partial charge >= 0.3 is 0 Å². The zero-order chi connectivity index (χ0) is 59.8. The van der Waals surface area contributed by atoms with Gasteiger partial charge in [-0.1, -0.05) is 212 Å². The second kappa shape index (κ2) is 29.1. The molecule has 0 spiro atoms. The van der Waals surface area contributed by atoms with Crippen molar-refractivity contribution in [1.82, 2.24) is 0 Å². The van der Waals surface area contributed by atoms with Crippen molar-refractivity contribution in [1.29, 1.82) is 0 Å². The van der Waals surface area contributed by atoms with E-state index in [1.807, 2.05) is 0 Å². The zero-order valence-electron chi connectivity index (χ0n) is 48.7. The van der Waals surface area contributed by atoms with Gasteiger partial charge in [-0.25, -0.2) is 0 Å². The summed E-state index contributed by atoms with van der Waals surface area (Å²) in [5.41, 5.74) is 12.5. The number of halogens is 4. The van der Waals surface area contributed by atoms with E-state index in [0.717, 1.165) is 70.2 Å². The standard InChI is InChI=1S/C72H68I4O12/c73-29-33-77-69-61-53-37-55-50(26-22-46-15-7-2-8-16-46)57-39-59-52(28-24-48-19-11-4-12-20-48)60-40-58-51(27-23-47-17-9-3-10-18-47)56-38-54(49(53)25-21-45-13-5-1-6-14-45)62(82-41-81-61)70(78-34-30-74)64(56)84-43-86-66(58)72(80-36-32-76)68(60)88-44-87-67(59)71(79-35-31-75)65(57)85-42-83-63(55)69/h1-20,37-40,49-52H,21-36,41-44H2. The fraction of sp³-hybridized carbons (Fsp3) is 0.333. The molecule has 0 saturated carbocycles. The normalized spacial score (nSPS) is 17.2. The zero-order valence-corrected chi connectivity index (χ0v) is 57.3. The van der Waals surface area contributed by atoms with E-state index in [4.69, 9.17) is 56.8 Å². The van der Waals surface area contributed by atoms with Crippen molar-refractivity contribution in [3.63, 3.8) is 0 Å². The monoisotopic (exact) mass is 1630 g/mol. The first-order valence-electron chi connectivity index (χ1n) is 30.3. The van der Waals surface area contributed by atoms with Crippen LogP contribution in [0.2, 0.25) is 0 Å². The van der Waals surface area contributed by atoms with E-state index in [1.165, 1.54) is 22.3 Å². The minimum absolute atomic E-state index is 0.157. The smallest absolute Gasteiger partial charge is 0.231 e. The van der Waals surface area contributed by atoms with E-state index in [2.05, 4.69) is 236 Å². The van der Waals surface area contributed by atoms with Crippen LogP contribution >= 0.6 is 90.4 Å². The van der Waals surface area contributed by atoms with Gasteiger partial charge in [0.1, 0.15) is 0 Å². The third-order valence-corrected chi connectivity index (χ3v) is 18.9. The van der Waals surface area contributed by atoms with Gasteiger partial charge in [0.2, 0.25) is 50.2 Å². The summed E-state index contributed by atoms with van der Waals surface area (Å²) in [5.74, 6) is 5.19. The lowest BCUT2D eigenvalue weighted by molar-refractivity contribution is 0.0835. The highest BCUT2D eigenvalue weighted by Gasteiger charge is 2.43. The lowest BCUT2D eigenvalue weighted by Gasteiger charge is -2.37. The van der Waals surface area contributed by atoms with Gasteiger partial charge < -0.3 is 56.8 Å². The number of ether oxygens (including phenoxy) is 12. The van der Waals surface area contributed by atoms with Crippen molar-refractivity contribution >= 4 is 90.4 Å². The molecule has 0 aromatic heterocycles. The Morgan fingerprint density at radius 1 is 0.273 bits per heavy atom. The molecule has 8 bridgehead atoms. The summed E-state index contributed by atoms with van der Waals surface area (Å²) >= 11 is 9.51. The summed E-state index contributed by atoms with van der Waals surface area (Å²) in [6.45, 7) is 0.962. The molecule has 5 aliphatic rings. The largest absolute Gasteiger partial charge is 0.486 e. The molecule has 0 fully saturated rings. The Kier molecular flexibility index (Phi) is 20.2. The molecule has 12 nitrogen and oxygen atoms in total. The number of hydrogen-bond donors (Lipinski definition) is 0. The van der Waals surface area contributed by atoms with E-state index in [1.54, 1.807) is 0 Å². The van der Waals surface area contributed by atoms with Gasteiger partial charge in [-0.05, 0) is 97.9 Å². The molecule has 0 N–H and O–H groups in total.